The highest BCUT2D eigenvalue weighted by atomic mass is 79.9. The average Bonchev–Trinajstić information content (AvgIpc) is 2.82. The van der Waals surface area contributed by atoms with E-state index in [0.717, 1.165) is 9.35 Å². The quantitative estimate of drug-likeness (QED) is 0.901. The molecular formula is C11H14BrNO3S2. The number of amides is 1. The van der Waals surface area contributed by atoms with Gasteiger partial charge in [0.25, 0.3) is 0 Å². The predicted molar refractivity (Wildman–Crippen MR) is 75.2 cm³/mol. The van der Waals surface area contributed by atoms with Crippen molar-refractivity contribution < 1.29 is 13.2 Å². The molecular weight excluding hydrogens is 338 g/mol. The lowest BCUT2D eigenvalue weighted by atomic mass is 10.1. The second-order valence-electron chi connectivity index (χ2n) is 4.48. The van der Waals surface area contributed by atoms with E-state index in [1.165, 1.54) is 0 Å². The number of hydrogen-bond acceptors (Lipinski definition) is 4. The largest absolute Gasteiger partial charge is 0.351 e. The third-order valence-electron chi connectivity index (χ3n) is 2.88. The zero-order valence-electron chi connectivity index (χ0n) is 9.69. The predicted octanol–water partition coefficient (Wildman–Crippen LogP) is 1.95. The van der Waals surface area contributed by atoms with Gasteiger partial charge in [0.05, 0.1) is 18.1 Å². The Balaban J connectivity index is 1.76. The minimum absolute atomic E-state index is 0.00919. The van der Waals surface area contributed by atoms with E-state index in [2.05, 4.69) is 21.2 Å². The molecule has 0 saturated carbocycles. The third-order valence-corrected chi connectivity index (χ3v) is 6.42. The van der Waals surface area contributed by atoms with Crippen molar-refractivity contribution in [1.82, 2.24) is 5.32 Å². The average molecular weight is 352 g/mol. The molecule has 2 rings (SSSR count). The topological polar surface area (TPSA) is 63.2 Å². The molecule has 1 aliphatic rings. The number of carbonyl (C=O) groups is 1. The summed E-state index contributed by atoms with van der Waals surface area (Å²) in [7, 11) is -2.89. The van der Waals surface area contributed by atoms with E-state index in [9.17, 15) is 13.2 Å². The van der Waals surface area contributed by atoms with Crippen LogP contribution in [0.25, 0.3) is 0 Å². The molecule has 1 amide bonds. The molecule has 1 saturated heterocycles. The summed E-state index contributed by atoms with van der Waals surface area (Å²) in [6, 6.07) is 1.96. The Morgan fingerprint density at radius 1 is 1.56 bits per heavy atom. The molecule has 1 N–H and O–H groups in total. The Morgan fingerprint density at radius 2 is 2.33 bits per heavy atom. The lowest BCUT2D eigenvalue weighted by Gasteiger charge is -2.07. The second-order valence-corrected chi connectivity index (χ2v) is 8.62. The molecule has 1 atom stereocenters. The fourth-order valence-corrected chi connectivity index (χ4v) is 5.25. The molecule has 100 valence electrons. The summed E-state index contributed by atoms with van der Waals surface area (Å²) >= 11 is 4.93. The van der Waals surface area contributed by atoms with Crippen LogP contribution in [0.2, 0.25) is 0 Å². The van der Waals surface area contributed by atoms with Crippen molar-refractivity contribution in [2.24, 2.45) is 5.92 Å². The van der Waals surface area contributed by atoms with Gasteiger partial charge in [0.2, 0.25) is 5.91 Å². The first-order chi connectivity index (χ1) is 8.44. The highest BCUT2D eigenvalue weighted by Gasteiger charge is 2.29. The molecule has 1 fully saturated rings. The Bertz CT molecular complexity index is 538. The van der Waals surface area contributed by atoms with Crippen LogP contribution in [0.5, 0.6) is 0 Å². The summed E-state index contributed by atoms with van der Waals surface area (Å²) in [5.41, 5.74) is 0. The van der Waals surface area contributed by atoms with Gasteiger partial charge in [-0.1, -0.05) is 0 Å². The number of hydrogen-bond donors (Lipinski definition) is 1. The van der Waals surface area contributed by atoms with Crippen LogP contribution in [-0.4, -0.2) is 25.8 Å². The van der Waals surface area contributed by atoms with Crippen molar-refractivity contribution in [2.75, 3.05) is 11.5 Å². The maximum absolute atomic E-state index is 11.7. The lowest BCUT2D eigenvalue weighted by molar-refractivity contribution is -0.122. The highest BCUT2D eigenvalue weighted by molar-refractivity contribution is 9.10. The van der Waals surface area contributed by atoms with Crippen LogP contribution in [0.4, 0.5) is 0 Å². The summed E-state index contributed by atoms with van der Waals surface area (Å²) in [6.45, 7) is 0.509. The second kappa shape index (κ2) is 5.71. The Hall–Kier alpha value is -0.400. The SMILES string of the molecule is O=C(CC1CCS(=O)(=O)C1)NCc1cc(Br)cs1. The number of nitrogens with one attached hydrogen (secondary N) is 1. The molecule has 0 bridgehead atoms. The fraction of sp³-hybridized carbons (Fsp3) is 0.545. The van der Waals surface area contributed by atoms with Crippen molar-refractivity contribution in [2.45, 2.75) is 19.4 Å². The highest BCUT2D eigenvalue weighted by Crippen LogP contribution is 2.22. The zero-order chi connectivity index (χ0) is 13.2. The van der Waals surface area contributed by atoms with Crippen LogP contribution in [0.1, 0.15) is 17.7 Å². The third kappa shape index (κ3) is 4.07. The Labute approximate surface area is 119 Å². The number of carbonyl (C=O) groups excluding carboxylic acids is 1. The van der Waals surface area contributed by atoms with Crippen molar-refractivity contribution in [1.29, 1.82) is 0 Å². The lowest BCUT2D eigenvalue weighted by Crippen LogP contribution is -2.25. The van der Waals surface area contributed by atoms with Gasteiger partial charge in [0, 0.05) is 21.2 Å². The van der Waals surface area contributed by atoms with Crippen LogP contribution < -0.4 is 5.32 Å². The van der Waals surface area contributed by atoms with Crippen LogP contribution in [-0.2, 0) is 21.2 Å². The molecule has 1 unspecified atom stereocenters. The molecule has 0 aliphatic carbocycles. The molecule has 18 heavy (non-hydrogen) atoms. The van der Waals surface area contributed by atoms with Crippen molar-refractivity contribution >= 4 is 43.0 Å². The van der Waals surface area contributed by atoms with E-state index in [-0.39, 0.29) is 23.3 Å². The van der Waals surface area contributed by atoms with E-state index >= 15 is 0 Å². The van der Waals surface area contributed by atoms with Crippen LogP contribution in [0.3, 0.4) is 0 Å². The maximum Gasteiger partial charge on any atom is 0.220 e. The fourth-order valence-electron chi connectivity index (χ4n) is 2.00. The number of sulfone groups is 1. The molecule has 0 radical (unpaired) electrons. The minimum Gasteiger partial charge on any atom is -0.351 e. The molecule has 0 aromatic carbocycles. The van der Waals surface area contributed by atoms with Gasteiger partial charge in [-0.3, -0.25) is 4.79 Å². The van der Waals surface area contributed by atoms with Crippen LogP contribution >= 0.6 is 27.3 Å². The van der Waals surface area contributed by atoms with Gasteiger partial charge in [-0.2, -0.15) is 0 Å². The molecule has 0 spiro atoms. The Kier molecular flexibility index (Phi) is 4.45. The van der Waals surface area contributed by atoms with Gasteiger partial charge in [0.1, 0.15) is 0 Å². The van der Waals surface area contributed by atoms with Gasteiger partial charge >= 0.3 is 0 Å². The van der Waals surface area contributed by atoms with E-state index < -0.39 is 9.84 Å². The van der Waals surface area contributed by atoms with Gasteiger partial charge in [-0.25, -0.2) is 8.42 Å². The first-order valence-corrected chi connectivity index (χ1v) is 9.14. The summed E-state index contributed by atoms with van der Waals surface area (Å²) in [4.78, 5) is 12.8. The monoisotopic (exact) mass is 351 g/mol. The van der Waals surface area contributed by atoms with Crippen LogP contribution in [0.15, 0.2) is 15.9 Å². The first kappa shape index (κ1) is 14.0. The van der Waals surface area contributed by atoms with Crippen molar-refractivity contribution in [3.63, 3.8) is 0 Å². The maximum atomic E-state index is 11.7. The summed E-state index contributed by atoms with van der Waals surface area (Å²) in [5.74, 6) is 0.306. The number of rotatable bonds is 4. The molecule has 2 heterocycles. The number of halogens is 1. The van der Waals surface area contributed by atoms with Gasteiger partial charge in [0.15, 0.2) is 9.84 Å². The van der Waals surface area contributed by atoms with E-state index in [0.29, 0.717) is 19.4 Å². The normalized spacial score (nSPS) is 21.9. The summed E-state index contributed by atoms with van der Waals surface area (Å²) < 4.78 is 23.6. The first-order valence-electron chi connectivity index (χ1n) is 5.65. The molecule has 4 nitrogen and oxygen atoms in total. The minimum atomic E-state index is -2.89. The standard InChI is InChI=1S/C11H14BrNO3S2/c12-9-4-10(17-6-9)5-13-11(14)3-8-1-2-18(15,16)7-8/h4,6,8H,1-3,5,7H2,(H,13,14). The number of thiophene rings is 1. The zero-order valence-corrected chi connectivity index (χ0v) is 12.9. The van der Waals surface area contributed by atoms with Gasteiger partial charge in [-0.05, 0) is 34.3 Å². The van der Waals surface area contributed by atoms with Crippen molar-refractivity contribution in [3.05, 3.63) is 20.8 Å². The van der Waals surface area contributed by atoms with E-state index in [1.54, 1.807) is 11.3 Å². The van der Waals surface area contributed by atoms with Gasteiger partial charge < -0.3 is 5.32 Å². The molecule has 7 heteroatoms. The van der Waals surface area contributed by atoms with E-state index in [4.69, 9.17) is 0 Å². The smallest absolute Gasteiger partial charge is 0.220 e. The Morgan fingerprint density at radius 3 is 2.89 bits per heavy atom. The van der Waals surface area contributed by atoms with Crippen molar-refractivity contribution in [3.8, 4) is 0 Å². The van der Waals surface area contributed by atoms with Crippen LogP contribution in [0, 0.1) is 5.92 Å². The molecule has 1 aromatic rings. The summed E-state index contributed by atoms with van der Waals surface area (Å²) in [5, 5.41) is 4.79. The molecule has 1 aliphatic heterocycles. The van der Waals surface area contributed by atoms with E-state index in [1.807, 2.05) is 11.4 Å². The summed E-state index contributed by atoms with van der Waals surface area (Å²) in [6.07, 6.45) is 0.923. The molecule has 1 aromatic heterocycles. The van der Waals surface area contributed by atoms with Gasteiger partial charge in [-0.15, -0.1) is 11.3 Å².